The van der Waals surface area contributed by atoms with E-state index >= 15 is 0 Å². The molecule has 0 heterocycles. The molecule has 0 atom stereocenters. The molecule has 0 radical (unpaired) electrons. The van der Waals surface area contributed by atoms with Crippen LogP contribution in [-0.4, -0.2) is 52.4 Å². The molecule has 0 amide bonds. The molecule has 2 aromatic carbocycles. The fourth-order valence-electron chi connectivity index (χ4n) is 3.05. The second-order valence-electron chi connectivity index (χ2n) is 6.50. The summed E-state index contributed by atoms with van der Waals surface area (Å²) in [6.45, 7) is 6.67. The van der Waals surface area contributed by atoms with Crippen molar-refractivity contribution in [1.82, 2.24) is 4.31 Å². The molecule has 0 fully saturated rings. The van der Waals surface area contributed by atoms with Gasteiger partial charge >= 0.3 is 0 Å². The number of sulfonamides is 1. The van der Waals surface area contributed by atoms with Gasteiger partial charge in [0.2, 0.25) is 15.8 Å². The van der Waals surface area contributed by atoms with Crippen LogP contribution >= 0.6 is 0 Å². The van der Waals surface area contributed by atoms with E-state index in [-0.39, 0.29) is 10.7 Å². The zero-order valence-corrected chi connectivity index (χ0v) is 19.4. The molecule has 31 heavy (non-hydrogen) atoms. The average Bonchev–Trinajstić information content (AvgIpc) is 2.78. The molecule has 2 rings (SSSR count). The van der Waals surface area contributed by atoms with Crippen LogP contribution in [0.5, 0.6) is 17.2 Å². The second kappa shape index (κ2) is 11.0. The van der Waals surface area contributed by atoms with Gasteiger partial charge in [-0.1, -0.05) is 19.9 Å². The lowest BCUT2D eigenvalue weighted by atomic mass is 10.1. The summed E-state index contributed by atoms with van der Waals surface area (Å²) >= 11 is 0. The van der Waals surface area contributed by atoms with Crippen molar-refractivity contribution >= 4 is 21.9 Å². The first-order chi connectivity index (χ1) is 14.8. The quantitative estimate of drug-likeness (QED) is 0.382. The predicted octanol–water partition coefficient (Wildman–Crippen LogP) is 4.03. The summed E-state index contributed by atoms with van der Waals surface area (Å²) in [4.78, 5) is 12.7. The molecule has 0 unspecified atom stereocenters. The average molecular weight is 448 g/mol. The van der Waals surface area contributed by atoms with Crippen LogP contribution < -0.4 is 14.2 Å². The number of hydrogen-bond donors (Lipinski definition) is 0. The molecule has 0 saturated heterocycles. The van der Waals surface area contributed by atoms with E-state index in [4.69, 9.17) is 14.2 Å². The Morgan fingerprint density at radius 1 is 0.968 bits per heavy atom. The highest BCUT2D eigenvalue weighted by Gasteiger charge is 2.21. The van der Waals surface area contributed by atoms with Crippen LogP contribution in [0.25, 0.3) is 6.08 Å². The lowest BCUT2D eigenvalue weighted by Crippen LogP contribution is -2.30. The maximum Gasteiger partial charge on any atom is 0.243 e. The summed E-state index contributed by atoms with van der Waals surface area (Å²) in [6.07, 6.45) is 3.06. The molecule has 0 saturated carbocycles. The minimum absolute atomic E-state index is 0.165. The van der Waals surface area contributed by atoms with Crippen molar-refractivity contribution in [3.8, 4) is 17.2 Å². The first kappa shape index (κ1) is 24.4. The number of benzene rings is 2. The van der Waals surface area contributed by atoms with Crippen molar-refractivity contribution in [3.63, 3.8) is 0 Å². The zero-order valence-electron chi connectivity index (χ0n) is 18.5. The van der Waals surface area contributed by atoms with Gasteiger partial charge in [0.25, 0.3) is 0 Å². The number of carbonyl (C=O) groups is 1. The lowest BCUT2D eigenvalue weighted by Gasteiger charge is -2.18. The molecule has 8 heteroatoms. The molecule has 0 aliphatic rings. The van der Waals surface area contributed by atoms with Gasteiger partial charge in [0.15, 0.2) is 17.3 Å². The fourth-order valence-corrected chi connectivity index (χ4v) is 4.51. The van der Waals surface area contributed by atoms with Gasteiger partial charge in [0.05, 0.1) is 25.7 Å². The Hall–Kier alpha value is -2.84. The second-order valence-corrected chi connectivity index (χ2v) is 8.44. The van der Waals surface area contributed by atoms with Gasteiger partial charge in [-0.2, -0.15) is 4.31 Å². The minimum atomic E-state index is -3.56. The van der Waals surface area contributed by atoms with E-state index < -0.39 is 10.0 Å². The smallest absolute Gasteiger partial charge is 0.243 e. The van der Waals surface area contributed by atoms with Crippen LogP contribution in [0, 0.1) is 0 Å². The maximum atomic E-state index is 12.6. The maximum absolute atomic E-state index is 12.6. The number of methoxy groups -OCH3 is 2. The highest BCUT2D eigenvalue weighted by molar-refractivity contribution is 7.89. The van der Waals surface area contributed by atoms with Gasteiger partial charge in [0, 0.05) is 18.7 Å². The van der Waals surface area contributed by atoms with E-state index in [2.05, 4.69) is 0 Å². The molecule has 0 N–H and O–H groups in total. The monoisotopic (exact) mass is 447 g/mol. The van der Waals surface area contributed by atoms with Crippen LogP contribution in [-0.2, 0) is 10.0 Å². The number of ether oxygens (including phenoxy) is 3. The third kappa shape index (κ3) is 5.65. The SMILES string of the molecule is CCOc1c(OC)cc(/C=C/C(=O)c2ccc(S(=O)(=O)N(CC)CC)cc2)cc1OC. The summed E-state index contributed by atoms with van der Waals surface area (Å²) in [6, 6.07) is 9.44. The van der Waals surface area contributed by atoms with Gasteiger partial charge in [0.1, 0.15) is 0 Å². The number of ketones is 1. The molecule has 168 valence electrons. The number of nitrogens with zero attached hydrogens (tertiary/aromatic N) is 1. The van der Waals surface area contributed by atoms with Gasteiger partial charge < -0.3 is 14.2 Å². The lowest BCUT2D eigenvalue weighted by molar-refractivity contribution is 0.104. The third-order valence-electron chi connectivity index (χ3n) is 4.68. The number of hydrogen-bond acceptors (Lipinski definition) is 6. The van der Waals surface area contributed by atoms with Gasteiger partial charge in [-0.05, 0) is 55.0 Å². The Bertz CT molecular complexity index is 1000. The van der Waals surface area contributed by atoms with Crippen LogP contribution in [0.1, 0.15) is 36.7 Å². The predicted molar refractivity (Wildman–Crippen MR) is 121 cm³/mol. The van der Waals surface area contributed by atoms with Crippen molar-refractivity contribution in [2.75, 3.05) is 33.9 Å². The molecule has 0 spiro atoms. The van der Waals surface area contributed by atoms with E-state index in [0.717, 1.165) is 0 Å². The highest BCUT2D eigenvalue weighted by atomic mass is 32.2. The number of carbonyl (C=O) groups excluding carboxylic acids is 1. The van der Waals surface area contributed by atoms with Crippen molar-refractivity contribution in [2.24, 2.45) is 0 Å². The summed E-state index contributed by atoms with van der Waals surface area (Å²) < 4.78 is 42.8. The molecule has 0 aromatic heterocycles. The summed E-state index contributed by atoms with van der Waals surface area (Å²) in [7, 11) is -0.496. The van der Waals surface area contributed by atoms with Gasteiger partial charge in [-0.3, -0.25) is 4.79 Å². The van der Waals surface area contributed by atoms with Crippen molar-refractivity contribution in [3.05, 3.63) is 53.6 Å². The number of allylic oxidation sites excluding steroid dienone is 1. The standard InChI is InChI=1S/C23H29NO6S/c1-6-24(7-2)31(26,27)19-12-10-18(11-13-19)20(25)14-9-17-15-21(28-4)23(30-8-3)22(16-17)29-5/h9-16H,6-8H2,1-5H3/b14-9+. The van der Waals surface area contributed by atoms with E-state index in [1.165, 1.54) is 48.9 Å². The van der Waals surface area contributed by atoms with Crippen molar-refractivity contribution in [2.45, 2.75) is 25.7 Å². The van der Waals surface area contributed by atoms with E-state index in [9.17, 15) is 13.2 Å². The summed E-state index contributed by atoms with van der Waals surface area (Å²) in [5.74, 6) is 1.25. The Labute approximate surface area is 184 Å². The van der Waals surface area contributed by atoms with Gasteiger partial charge in [-0.25, -0.2) is 8.42 Å². The molecule has 7 nitrogen and oxygen atoms in total. The molecular formula is C23H29NO6S. The topological polar surface area (TPSA) is 82.1 Å². The Morgan fingerprint density at radius 2 is 1.52 bits per heavy atom. The highest BCUT2D eigenvalue weighted by Crippen LogP contribution is 2.38. The van der Waals surface area contributed by atoms with E-state index in [1.807, 2.05) is 6.92 Å². The first-order valence-corrected chi connectivity index (χ1v) is 11.5. The van der Waals surface area contributed by atoms with E-state index in [1.54, 1.807) is 32.1 Å². The van der Waals surface area contributed by atoms with Crippen LogP contribution in [0.2, 0.25) is 0 Å². The Morgan fingerprint density at radius 3 is 1.97 bits per heavy atom. The Kier molecular flexibility index (Phi) is 8.65. The molecule has 0 bridgehead atoms. The summed E-state index contributed by atoms with van der Waals surface area (Å²) in [5, 5.41) is 0. The molecule has 0 aliphatic heterocycles. The van der Waals surface area contributed by atoms with Crippen molar-refractivity contribution in [1.29, 1.82) is 0 Å². The summed E-state index contributed by atoms with van der Waals surface area (Å²) in [5.41, 5.74) is 1.09. The van der Waals surface area contributed by atoms with Crippen LogP contribution in [0.4, 0.5) is 0 Å². The Balaban J connectivity index is 2.26. The number of rotatable bonds is 11. The molecule has 2 aromatic rings. The molecular weight excluding hydrogens is 418 g/mol. The van der Waals surface area contributed by atoms with Crippen LogP contribution in [0.3, 0.4) is 0 Å². The normalized spacial score (nSPS) is 11.7. The van der Waals surface area contributed by atoms with Crippen molar-refractivity contribution < 1.29 is 27.4 Å². The zero-order chi connectivity index (χ0) is 23.0. The van der Waals surface area contributed by atoms with Crippen LogP contribution in [0.15, 0.2) is 47.4 Å². The largest absolute Gasteiger partial charge is 0.493 e. The third-order valence-corrected chi connectivity index (χ3v) is 6.74. The molecule has 0 aliphatic carbocycles. The van der Waals surface area contributed by atoms with Gasteiger partial charge in [-0.15, -0.1) is 0 Å². The first-order valence-electron chi connectivity index (χ1n) is 10.0. The van der Waals surface area contributed by atoms with E-state index in [0.29, 0.717) is 48.1 Å². The minimum Gasteiger partial charge on any atom is -0.493 e. The fraction of sp³-hybridized carbons (Fsp3) is 0.348.